The molecular weight excluding hydrogens is 386 g/mol. The van der Waals surface area contributed by atoms with Crippen LogP contribution in [0.5, 0.6) is 0 Å². The zero-order chi connectivity index (χ0) is 14.9. The summed E-state index contributed by atoms with van der Waals surface area (Å²) < 4.78 is 0.626. The molecule has 0 atom stereocenters. The van der Waals surface area contributed by atoms with Crippen LogP contribution >= 0.6 is 50.7 Å². The average molecular weight is 394 g/mol. The van der Waals surface area contributed by atoms with Crippen molar-refractivity contribution in [3.05, 3.63) is 55.1 Å². The fourth-order valence-electron chi connectivity index (χ4n) is 1.49. The maximum atomic E-state index is 12.2. The topological polar surface area (TPSA) is 42.0 Å². The number of aryl methyl sites for hydroxylation is 1. The van der Waals surface area contributed by atoms with E-state index >= 15 is 0 Å². The van der Waals surface area contributed by atoms with Gasteiger partial charge >= 0.3 is 0 Å². The largest absolute Gasteiger partial charge is 0.305 e. The number of rotatable bonds is 2. The summed E-state index contributed by atoms with van der Waals surface area (Å²) in [6.45, 7) is 1.73. The third-order valence-electron chi connectivity index (χ3n) is 2.51. The minimum atomic E-state index is -0.365. The number of carbonyl (C=O) groups excluding carboxylic acids is 1. The molecule has 1 amide bonds. The second-order valence-electron chi connectivity index (χ2n) is 3.96. The van der Waals surface area contributed by atoms with E-state index in [1.165, 1.54) is 6.07 Å². The predicted molar refractivity (Wildman–Crippen MR) is 86.1 cm³/mol. The van der Waals surface area contributed by atoms with Crippen molar-refractivity contribution in [3.63, 3.8) is 0 Å². The Balaban J connectivity index is 2.32. The maximum absolute atomic E-state index is 12.2. The lowest BCUT2D eigenvalue weighted by Gasteiger charge is -2.09. The maximum Gasteiger partial charge on any atom is 0.258 e. The van der Waals surface area contributed by atoms with E-state index in [-0.39, 0.29) is 16.7 Å². The van der Waals surface area contributed by atoms with E-state index in [1.54, 1.807) is 25.1 Å². The van der Waals surface area contributed by atoms with Crippen LogP contribution in [0, 0.1) is 6.92 Å². The number of hydrogen-bond acceptors (Lipinski definition) is 2. The molecule has 104 valence electrons. The zero-order valence-electron chi connectivity index (χ0n) is 10.2. The van der Waals surface area contributed by atoms with Crippen LogP contribution in [-0.2, 0) is 0 Å². The zero-order valence-corrected chi connectivity index (χ0v) is 14.0. The van der Waals surface area contributed by atoms with Gasteiger partial charge in [0.2, 0.25) is 0 Å². The summed E-state index contributed by atoms with van der Waals surface area (Å²) >= 11 is 21.1. The van der Waals surface area contributed by atoms with Crippen LogP contribution in [0.2, 0.25) is 15.1 Å². The fourth-order valence-corrected chi connectivity index (χ4v) is 2.50. The van der Waals surface area contributed by atoms with Crippen LogP contribution in [0.1, 0.15) is 16.1 Å². The second-order valence-corrected chi connectivity index (χ2v) is 6.07. The lowest BCUT2D eigenvalue weighted by molar-refractivity contribution is 0.102. The summed E-state index contributed by atoms with van der Waals surface area (Å²) in [4.78, 5) is 16.3. The van der Waals surface area contributed by atoms with Crippen LogP contribution in [0.25, 0.3) is 0 Å². The molecule has 20 heavy (non-hydrogen) atoms. The first-order valence-electron chi connectivity index (χ1n) is 5.47. The van der Waals surface area contributed by atoms with Gasteiger partial charge in [0.05, 0.1) is 21.3 Å². The standard InChI is InChI=1S/C13H8BrCl3N2O/c1-6-10(16)5-11(17)12(18-6)19-13(20)8-4-7(15)2-3-9(8)14/h2-5H,1H3,(H,18,19,20). The smallest absolute Gasteiger partial charge is 0.258 e. The summed E-state index contributed by atoms with van der Waals surface area (Å²) in [5.74, 6) is -0.110. The van der Waals surface area contributed by atoms with Crippen LogP contribution < -0.4 is 5.32 Å². The van der Waals surface area contributed by atoms with E-state index in [2.05, 4.69) is 26.2 Å². The summed E-state index contributed by atoms with van der Waals surface area (Å²) in [7, 11) is 0. The average Bonchev–Trinajstić information content (AvgIpc) is 2.38. The van der Waals surface area contributed by atoms with Crippen molar-refractivity contribution in [3.8, 4) is 0 Å². The van der Waals surface area contributed by atoms with Gasteiger partial charge in [-0.15, -0.1) is 0 Å². The Morgan fingerprint density at radius 1 is 1.20 bits per heavy atom. The molecule has 0 saturated carbocycles. The van der Waals surface area contributed by atoms with E-state index < -0.39 is 0 Å². The van der Waals surface area contributed by atoms with Crippen molar-refractivity contribution in [2.24, 2.45) is 0 Å². The number of nitrogens with one attached hydrogen (secondary N) is 1. The van der Waals surface area contributed by atoms with Gasteiger partial charge in [-0.3, -0.25) is 4.79 Å². The van der Waals surface area contributed by atoms with Crippen molar-refractivity contribution >= 4 is 62.5 Å². The Morgan fingerprint density at radius 3 is 2.60 bits per heavy atom. The molecule has 1 heterocycles. The highest BCUT2D eigenvalue weighted by Gasteiger charge is 2.14. The Morgan fingerprint density at radius 2 is 1.90 bits per heavy atom. The van der Waals surface area contributed by atoms with E-state index in [1.807, 2.05) is 0 Å². The molecular formula is C13H8BrCl3N2O. The van der Waals surface area contributed by atoms with E-state index in [0.29, 0.717) is 25.8 Å². The number of benzene rings is 1. The van der Waals surface area contributed by atoms with Crippen molar-refractivity contribution in [2.75, 3.05) is 5.32 Å². The van der Waals surface area contributed by atoms with Crippen molar-refractivity contribution < 1.29 is 4.79 Å². The summed E-state index contributed by atoms with van der Waals surface area (Å²) in [5.41, 5.74) is 0.972. The predicted octanol–water partition coefficient (Wildman–Crippen LogP) is 5.37. The van der Waals surface area contributed by atoms with Gasteiger partial charge < -0.3 is 5.32 Å². The normalized spacial score (nSPS) is 10.4. The van der Waals surface area contributed by atoms with Gasteiger partial charge in [-0.05, 0) is 47.1 Å². The molecule has 0 bridgehead atoms. The van der Waals surface area contributed by atoms with E-state index in [9.17, 15) is 4.79 Å². The molecule has 0 aliphatic rings. The van der Waals surface area contributed by atoms with Gasteiger partial charge in [0.1, 0.15) is 0 Å². The van der Waals surface area contributed by atoms with Gasteiger partial charge in [0, 0.05) is 9.50 Å². The van der Waals surface area contributed by atoms with E-state index in [4.69, 9.17) is 34.8 Å². The second kappa shape index (κ2) is 6.31. The van der Waals surface area contributed by atoms with Crippen LogP contribution in [0.3, 0.4) is 0 Å². The number of hydrogen-bond donors (Lipinski definition) is 1. The molecule has 0 aliphatic carbocycles. The molecule has 0 saturated heterocycles. The summed E-state index contributed by atoms with van der Waals surface area (Å²) in [6, 6.07) is 6.46. The Kier molecular flexibility index (Phi) is 4.91. The fraction of sp³-hybridized carbons (Fsp3) is 0.0769. The first kappa shape index (κ1) is 15.6. The molecule has 0 unspecified atom stereocenters. The molecule has 1 N–H and O–H groups in total. The Bertz CT molecular complexity index is 692. The van der Waals surface area contributed by atoms with Gasteiger partial charge in [0.15, 0.2) is 5.82 Å². The van der Waals surface area contributed by atoms with Crippen LogP contribution in [-0.4, -0.2) is 10.9 Å². The SMILES string of the molecule is Cc1nc(NC(=O)c2cc(Cl)ccc2Br)c(Cl)cc1Cl. The van der Waals surface area contributed by atoms with Gasteiger partial charge in [0.25, 0.3) is 5.91 Å². The first-order chi connectivity index (χ1) is 9.38. The van der Waals surface area contributed by atoms with Crippen LogP contribution in [0.15, 0.2) is 28.7 Å². The van der Waals surface area contributed by atoms with Crippen LogP contribution in [0.4, 0.5) is 5.82 Å². The number of amides is 1. The number of anilines is 1. The molecule has 0 radical (unpaired) electrons. The summed E-state index contributed by atoms with van der Waals surface area (Å²) in [6.07, 6.45) is 0. The first-order valence-corrected chi connectivity index (χ1v) is 7.40. The highest BCUT2D eigenvalue weighted by molar-refractivity contribution is 9.10. The van der Waals surface area contributed by atoms with Gasteiger partial charge in [-0.2, -0.15) is 0 Å². The highest BCUT2D eigenvalue weighted by Crippen LogP contribution is 2.27. The molecule has 2 rings (SSSR count). The van der Waals surface area contributed by atoms with Crippen molar-refractivity contribution in [2.45, 2.75) is 6.92 Å². The summed E-state index contributed by atoms with van der Waals surface area (Å²) in [5, 5.41) is 3.81. The molecule has 1 aromatic carbocycles. The monoisotopic (exact) mass is 392 g/mol. The third-order valence-corrected chi connectivity index (χ3v) is 4.11. The van der Waals surface area contributed by atoms with Gasteiger partial charge in [-0.25, -0.2) is 4.98 Å². The molecule has 0 spiro atoms. The van der Waals surface area contributed by atoms with E-state index in [0.717, 1.165) is 0 Å². The highest BCUT2D eigenvalue weighted by atomic mass is 79.9. The van der Waals surface area contributed by atoms with Crippen molar-refractivity contribution in [1.29, 1.82) is 0 Å². The van der Waals surface area contributed by atoms with Crippen molar-refractivity contribution in [1.82, 2.24) is 4.98 Å². The lowest BCUT2D eigenvalue weighted by Crippen LogP contribution is -2.14. The molecule has 0 fully saturated rings. The molecule has 1 aromatic heterocycles. The number of carbonyl (C=O) groups is 1. The Hall–Kier alpha value is -0.810. The minimum absolute atomic E-state index is 0.255. The third kappa shape index (κ3) is 3.44. The lowest BCUT2D eigenvalue weighted by atomic mass is 10.2. The number of halogens is 4. The Labute approximate surface area is 139 Å². The minimum Gasteiger partial charge on any atom is -0.305 e. The molecule has 7 heteroatoms. The molecule has 0 aliphatic heterocycles. The molecule has 2 aromatic rings. The quantitative estimate of drug-likeness (QED) is 0.745. The molecule has 3 nitrogen and oxygen atoms in total. The van der Waals surface area contributed by atoms with Gasteiger partial charge in [-0.1, -0.05) is 34.8 Å². The number of nitrogens with zero attached hydrogens (tertiary/aromatic N) is 1. The number of pyridine rings is 1. The number of aromatic nitrogens is 1.